The lowest BCUT2D eigenvalue weighted by Gasteiger charge is -2.10. The fourth-order valence-electron chi connectivity index (χ4n) is 1.13. The van der Waals surface area contributed by atoms with E-state index in [0.29, 0.717) is 6.20 Å². The zero-order valence-electron chi connectivity index (χ0n) is 7.83. The minimum atomic E-state index is -4.77. The van der Waals surface area contributed by atoms with Crippen molar-refractivity contribution >= 4 is 10.2 Å². The Morgan fingerprint density at radius 1 is 1.31 bits per heavy atom. The number of hydrogen-bond acceptors (Lipinski definition) is 3. The molecule has 0 aromatic carbocycles. The van der Waals surface area contributed by atoms with Gasteiger partial charge in [0.05, 0.1) is 11.3 Å². The van der Waals surface area contributed by atoms with Crippen LogP contribution in [0.15, 0.2) is 18.5 Å². The van der Waals surface area contributed by atoms with Gasteiger partial charge in [-0.2, -0.15) is 21.6 Å². The lowest BCUT2D eigenvalue weighted by Crippen LogP contribution is -2.12. The Morgan fingerprint density at radius 3 is 2.44 bits per heavy atom. The number of hydrogen-bond donors (Lipinski definition) is 0. The van der Waals surface area contributed by atoms with Gasteiger partial charge in [0.1, 0.15) is 0 Å². The van der Waals surface area contributed by atoms with Gasteiger partial charge in [-0.1, -0.05) is 0 Å². The predicted molar refractivity (Wildman–Crippen MR) is 47.8 cm³/mol. The molecule has 0 unspecified atom stereocenters. The lowest BCUT2D eigenvalue weighted by molar-refractivity contribution is -0.138. The molecule has 0 saturated heterocycles. The quantitative estimate of drug-likeness (QED) is 0.614. The average Bonchev–Trinajstić information content (AvgIpc) is 2.12. The van der Waals surface area contributed by atoms with Gasteiger partial charge in [-0.15, -0.1) is 3.89 Å². The van der Waals surface area contributed by atoms with Crippen LogP contribution >= 0.6 is 0 Å². The maximum atomic E-state index is 12.4. The molecule has 0 fully saturated rings. The topological polar surface area (TPSA) is 47.0 Å². The Morgan fingerprint density at radius 2 is 1.94 bits per heavy atom. The highest BCUT2D eigenvalue weighted by Crippen LogP contribution is 2.31. The molecule has 0 saturated carbocycles. The van der Waals surface area contributed by atoms with Gasteiger partial charge in [0.15, 0.2) is 0 Å². The summed E-state index contributed by atoms with van der Waals surface area (Å²) in [5.41, 5.74) is -1.33. The van der Waals surface area contributed by atoms with E-state index in [9.17, 15) is 25.5 Å². The fourth-order valence-corrected chi connectivity index (χ4v) is 1.59. The summed E-state index contributed by atoms with van der Waals surface area (Å²) in [6.45, 7) is 0. The largest absolute Gasteiger partial charge is 0.418 e. The molecule has 0 atom stereocenters. The predicted octanol–water partition coefficient (Wildman–Crippen LogP) is 1.94. The van der Waals surface area contributed by atoms with Crippen molar-refractivity contribution in [1.29, 1.82) is 0 Å². The van der Waals surface area contributed by atoms with Crippen molar-refractivity contribution in [3.8, 4) is 0 Å². The standard InChI is InChI=1S/C8H7F4NO2S/c9-8(10,11)7-5-13-3-1-6(7)2-4-16(12,14)15/h1,3,5H,2,4H2. The van der Waals surface area contributed by atoms with E-state index in [0.717, 1.165) is 12.3 Å². The third-order valence-corrected chi connectivity index (χ3v) is 2.52. The second-order valence-electron chi connectivity index (χ2n) is 3.02. The Balaban J connectivity index is 2.97. The number of aromatic nitrogens is 1. The normalized spacial score (nSPS) is 12.8. The first kappa shape index (κ1) is 12.9. The number of pyridine rings is 1. The monoisotopic (exact) mass is 257 g/mol. The minimum Gasteiger partial charge on any atom is -0.264 e. The average molecular weight is 257 g/mol. The summed E-state index contributed by atoms with van der Waals surface area (Å²) >= 11 is 0. The van der Waals surface area contributed by atoms with E-state index in [2.05, 4.69) is 4.98 Å². The molecule has 0 aliphatic carbocycles. The molecule has 0 bridgehead atoms. The smallest absolute Gasteiger partial charge is 0.264 e. The van der Waals surface area contributed by atoms with Crippen molar-refractivity contribution in [2.45, 2.75) is 12.6 Å². The zero-order valence-corrected chi connectivity index (χ0v) is 8.65. The van der Waals surface area contributed by atoms with E-state index in [-0.39, 0.29) is 5.56 Å². The third kappa shape index (κ3) is 3.76. The SMILES string of the molecule is O=S(=O)(F)CCc1ccncc1C(F)(F)F. The molecule has 1 heterocycles. The first-order valence-corrected chi connectivity index (χ1v) is 5.68. The maximum Gasteiger partial charge on any atom is 0.418 e. The molecular weight excluding hydrogens is 250 g/mol. The second-order valence-corrected chi connectivity index (χ2v) is 4.51. The first-order chi connectivity index (χ1) is 7.20. The van der Waals surface area contributed by atoms with E-state index >= 15 is 0 Å². The summed E-state index contributed by atoms with van der Waals surface area (Å²) in [5, 5.41) is 0. The van der Waals surface area contributed by atoms with Crippen LogP contribution in [0.4, 0.5) is 17.1 Å². The van der Waals surface area contributed by atoms with E-state index < -0.39 is 34.1 Å². The highest BCUT2D eigenvalue weighted by molar-refractivity contribution is 7.86. The summed E-state index contributed by atoms with van der Waals surface area (Å²) in [6, 6.07) is 1.02. The van der Waals surface area contributed by atoms with Crippen LogP contribution in [0.25, 0.3) is 0 Å². The van der Waals surface area contributed by atoms with Crippen LogP contribution in [0.1, 0.15) is 11.1 Å². The van der Waals surface area contributed by atoms with Crippen LogP contribution in [0.3, 0.4) is 0 Å². The molecule has 0 spiro atoms. The van der Waals surface area contributed by atoms with Gasteiger partial charge >= 0.3 is 16.4 Å². The first-order valence-electron chi connectivity index (χ1n) is 4.12. The van der Waals surface area contributed by atoms with Crippen LogP contribution in [-0.4, -0.2) is 19.2 Å². The summed E-state index contributed by atoms with van der Waals surface area (Å²) in [4.78, 5) is 3.29. The second kappa shape index (κ2) is 4.36. The van der Waals surface area contributed by atoms with Crippen molar-refractivity contribution in [2.75, 3.05) is 5.75 Å². The summed E-state index contributed by atoms with van der Waals surface area (Å²) in [6.07, 6.45) is -3.48. The van der Waals surface area contributed by atoms with Crippen molar-refractivity contribution in [3.05, 3.63) is 29.6 Å². The van der Waals surface area contributed by atoms with Crippen molar-refractivity contribution < 1.29 is 25.5 Å². The molecule has 0 radical (unpaired) electrons. The van der Waals surface area contributed by atoms with Crippen molar-refractivity contribution in [3.63, 3.8) is 0 Å². The molecular formula is C8H7F4NO2S. The van der Waals surface area contributed by atoms with Gasteiger partial charge < -0.3 is 0 Å². The van der Waals surface area contributed by atoms with Crippen LogP contribution in [0, 0.1) is 0 Å². The van der Waals surface area contributed by atoms with Crippen LogP contribution in [0.2, 0.25) is 0 Å². The number of halogens is 4. The summed E-state index contributed by atoms with van der Waals surface area (Å²) in [7, 11) is -4.77. The highest BCUT2D eigenvalue weighted by Gasteiger charge is 2.33. The van der Waals surface area contributed by atoms with Gasteiger partial charge in [0, 0.05) is 12.4 Å². The number of aryl methyl sites for hydroxylation is 1. The molecule has 1 aromatic heterocycles. The van der Waals surface area contributed by atoms with E-state index in [1.807, 2.05) is 0 Å². The summed E-state index contributed by atoms with van der Waals surface area (Å²) in [5.74, 6) is -0.972. The fraction of sp³-hybridized carbons (Fsp3) is 0.375. The van der Waals surface area contributed by atoms with Crippen molar-refractivity contribution in [1.82, 2.24) is 4.98 Å². The molecule has 3 nitrogen and oxygen atoms in total. The molecule has 16 heavy (non-hydrogen) atoms. The molecule has 0 amide bonds. The molecule has 90 valence electrons. The highest BCUT2D eigenvalue weighted by atomic mass is 32.3. The van der Waals surface area contributed by atoms with Gasteiger partial charge in [-0.25, -0.2) is 0 Å². The summed E-state index contributed by atoms with van der Waals surface area (Å²) < 4.78 is 69.7. The molecule has 1 rings (SSSR count). The molecule has 8 heteroatoms. The zero-order chi connectivity index (χ0) is 12.4. The minimum absolute atomic E-state index is 0.288. The van der Waals surface area contributed by atoms with E-state index in [4.69, 9.17) is 0 Å². The van der Waals surface area contributed by atoms with E-state index in [1.54, 1.807) is 0 Å². The lowest BCUT2D eigenvalue weighted by atomic mass is 10.1. The Bertz CT molecular complexity index is 469. The maximum absolute atomic E-state index is 12.4. The molecule has 0 aliphatic rings. The number of alkyl halides is 3. The van der Waals surface area contributed by atoms with Gasteiger partial charge in [-0.05, 0) is 18.1 Å². The Kier molecular flexibility index (Phi) is 3.51. The molecule has 1 aromatic rings. The Hall–Kier alpha value is -1.18. The third-order valence-electron chi connectivity index (χ3n) is 1.83. The number of rotatable bonds is 3. The van der Waals surface area contributed by atoms with Crippen molar-refractivity contribution in [2.24, 2.45) is 0 Å². The Labute approximate surface area is 89.3 Å². The van der Waals surface area contributed by atoms with Gasteiger partial charge in [0.2, 0.25) is 0 Å². The van der Waals surface area contributed by atoms with Crippen LogP contribution in [-0.2, 0) is 22.8 Å². The molecule has 0 aliphatic heterocycles. The van der Waals surface area contributed by atoms with Crippen LogP contribution < -0.4 is 0 Å². The number of nitrogens with zero attached hydrogens (tertiary/aromatic N) is 1. The van der Waals surface area contributed by atoms with Crippen LogP contribution in [0.5, 0.6) is 0 Å². The van der Waals surface area contributed by atoms with Gasteiger partial charge in [0.25, 0.3) is 0 Å². The van der Waals surface area contributed by atoms with Gasteiger partial charge in [-0.3, -0.25) is 4.98 Å². The van der Waals surface area contributed by atoms with E-state index in [1.165, 1.54) is 0 Å². The molecule has 0 N–H and O–H groups in total.